The second-order valence-electron chi connectivity index (χ2n) is 5.23. The van der Waals surface area contributed by atoms with Crippen LogP contribution in [0.15, 0.2) is 53.6 Å². The maximum atomic E-state index is 10.9. The van der Waals surface area contributed by atoms with Gasteiger partial charge in [0.25, 0.3) is 0 Å². The van der Waals surface area contributed by atoms with Crippen molar-refractivity contribution in [3.63, 3.8) is 0 Å². The van der Waals surface area contributed by atoms with E-state index < -0.39 is 5.97 Å². The molecule has 0 fully saturated rings. The topological polar surface area (TPSA) is 75.1 Å². The van der Waals surface area contributed by atoms with E-state index in [9.17, 15) is 4.79 Å². The lowest BCUT2D eigenvalue weighted by Crippen LogP contribution is -2.02. The third-order valence-electron chi connectivity index (χ3n) is 3.52. The van der Waals surface area contributed by atoms with Crippen LogP contribution in [0.25, 0.3) is 10.9 Å². The fourth-order valence-corrected chi connectivity index (χ4v) is 3.04. The molecule has 2 aromatic carbocycles. The van der Waals surface area contributed by atoms with Crippen molar-refractivity contribution in [3.8, 4) is 0 Å². The van der Waals surface area contributed by atoms with Gasteiger partial charge in [-0.1, -0.05) is 49.0 Å². The van der Waals surface area contributed by atoms with Gasteiger partial charge in [-0.2, -0.15) is 0 Å². The van der Waals surface area contributed by atoms with Crippen molar-refractivity contribution in [2.75, 3.05) is 11.1 Å². The van der Waals surface area contributed by atoms with Gasteiger partial charge >= 0.3 is 5.97 Å². The Kier molecular flexibility index (Phi) is 4.96. The number of hydrogen-bond donors (Lipinski definition) is 2. The Morgan fingerprint density at radius 3 is 2.58 bits per heavy atom. The summed E-state index contributed by atoms with van der Waals surface area (Å²) in [6.07, 6.45) is 0.989. The molecule has 0 radical (unpaired) electrons. The van der Waals surface area contributed by atoms with E-state index in [2.05, 4.69) is 34.3 Å². The lowest BCUT2D eigenvalue weighted by atomic mass is 10.1. The fraction of sp³-hybridized carbons (Fsp3) is 0.167. The third kappa shape index (κ3) is 3.83. The summed E-state index contributed by atoms with van der Waals surface area (Å²) in [6.45, 7) is 2.11. The third-order valence-corrected chi connectivity index (χ3v) is 4.49. The van der Waals surface area contributed by atoms with Crippen LogP contribution in [0, 0.1) is 0 Å². The van der Waals surface area contributed by atoms with Gasteiger partial charge < -0.3 is 10.4 Å². The predicted molar refractivity (Wildman–Crippen MR) is 97.0 cm³/mol. The number of nitrogens with zero attached hydrogens (tertiary/aromatic N) is 2. The van der Waals surface area contributed by atoms with Gasteiger partial charge in [-0.15, -0.1) is 0 Å². The summed E-state index contributed by atoms with van der Waals surface area (Å²) >= 11 is 1.20. The Balaban J connectivity index is 1.93. The summed E-state index contributed by atoms with van der Waals surface area (Å²) in [5.41, 5.74) is 2.95. The molecule has 0 unspecified atom stereocenters. The number of anilines is 2. The number of carboxylic acid groups (broad SMARTS) is 1. The molecule has 1 heterocycles. The highest BCUT2D eigenvalue weighted by Gasteiger charge is 2.10. The number of aromatic nitrogens is 2. The first-order valence-electron chi connectivity index (χ1n) is 7.63. The molecule has 0 aliphatic carbocycles. The minimum Gasteiger partial charge on any atom is -0.481 e. The summed E-state index contributed by atoms with van der Waals surface area (Å²) in [5.74, 6) is -0.441. The molecule has 122 valence electrons. The second kappa shape index (κ2) is 7.31. The minimum atomic E-state index is -0.868. The molecule has 0 atom stereocenters. The van der Waals surface area contributed by atoms with Gasteiger partial charge in [0.15, 0.2) is 0 Å². The molecular weight excluding hydrogens is 322 g/mol. The molecule has 1 aromatic heterocycles. The maximum Gasteiger partial charge on any atom is 0.313 e. The Labute approximate surface area is 144 Å². The molecule has 0 saturated heterocycles. The van der Waals surface area contributed by atoms with Crippen LogP contribution in [0.5, 0.6) is 0 Å². The number of aliphatic carboxylic acids is 1. The quantitative estimate of drug-likeness (QED) is 0.520. The van der Waals surface area contributed by atoms with Crippen molar-refractivity contribution >= 4 is 40.3 Å². The first-order chi connectivity index (χ1) is 11.7. The molecule has 0 amide bonds. The molecule has 2 N–H and O–H groups in total. The predicted octanol–water partition coefficient (Wildman–Crippen LogP) is 4.11. The van der Waals surface area contributed by atoms with Crippen molar-refractivity contribution in [3.05, 3.63) is 54.1 Å². The van der Waals surface area contributed by atoms with E-state index in [0.29, 0.717) is 11.0 Å². The summed E-state index contributed by atoms with van der Waals surface area (Å²) in [5, 5.41) is 13.6. The Hall–Kier alpha value is -2.60. The zero-order valence-corrected chi connectivity index (χ0v) is 14.0. The number of carboxylic acids is 1. The number of benzene rings is 2. The molecule has 24 heavy (non-hydrogen) atoms. The molecule has 0 bridgehead atoms. The number of thioether (sulfide) groups is 1. The van der Waals surface area contributed by atoms with Crippen molar-refractivity contribution in [1.29, 1.82) is 0 Å². The van der Waals surface area contributed by atoms with Crippen molar-refractivity contribution < 1.29 is 9.90 Å². The van der Waals surface area contributed by atoms with Gasteiger partial charge in [0.2, 0.25) is 5.95 Å². The fourth-order valence-electron chi connectivity index (χ4n) is 2.30. The number of hydrogen-bond acceptors (Lipinski definition) is 5. The van der Waals surface area contributed by atoms with Gasteiger partial charge in [0, 0.05) is 11.1 Å². The summed E-state index contributed by atoms with van der Waals surface area (Å²) in [4.78, 5) is 19.9. The monoisotopic (exact) mass is 339 g/mol. The average Bonchev–Trinajstić information content (AvgIpc) is 2.60. The van der Waals surface area contributed by atoms with E-state index in [1.807, 2.05) is 36.4 Å². The first-order valence-corrected chi connectivity index (χ1v) is 8.61. The standard InChI is InChI=1S/C18H17N3O2S/c1-2-12-7-9-13(10-8-12)19-18-20-15-6-4-3-5-14(15)17(21-18)24-11-16(22)23/h3-10H,2,11H2,1H3,(H,22,23)(H,19,20,21). The highest BCUT2D eigenvalue weighted by Crippen LogP contribution is 2.27. The van der Waals surface area contributed by atoms with Crippen LogP contribution in [-0.2, 0) is 11.2 Å². The van der Waals surface area contributed by atoms with Crippen molar-refractivity contribution in [2.45, 2.75) is 18.4 Å². The molecule has 3 aromatic rings. The molecule has 0 aliphatic rings. The van der Waals surface area contributed by atoms with Crippen LogP contribution in [0.4, 0.5) is 11.6 Å². The van der Waals surface area contributed by atoms with Crippen LogP contribution in [-0.4, -0.2) is 26.8 Å². The molecule has 6 heteroatoms. The highest BCUT2D eigenvalue weighted by atomic mass is 32.2. The van der Waals surface area contributed by atoms with Crippen LogP contribution in [0.2, 0.25) is 0 Å². The van der Waals surface area contributed by atoms with Gasteiger partial charge in [0.05, 0.1) is 11.3 Å². The average molecular weight is 339 g/mol. The molecule has 0 spiro atoms. The van der Waals surface area contributed by atoms with Gasteiger partial charge in [-0.05, 0) is 30.2 Å². The normalized spacial score (nSPS) is 10.7. The van der Waals surface area contributed by atoms with E-state index in [4.69, 9.17) is 5.11 Å². The number of carbonyl (C=O) groups is 1. The lowest BCUT2D eigenvalue weighted by molar-refractivity contribution is -0.133. The summed E-state index contributed by atoms with van der Waals surface area (Å²) in [7, 11) is 0. The van der Waals surface area contributed by atoms with Crippen LogP contribution in [0.3, 0.4) is 0 Å². The van der Waals surface area contributed by atoms with E-state index in [1.165, 1.54) is 17.3 Å². The minimum absolute atomic E-state index is 0.0361. The van der Waals surface area contributed by atoms with Crippen LogP contribution < -0.4 is 5.32 Å². The number of para-hydroxylation sites is 1. The maximum absolute atomic E-state index is 10.9. The largest absolute Gasteiger partial charge is 0.481 e. The highest BCUT2D eigenvalue weighted by molar-refractivity contribution is 8.00. The van der Waals surface area contributed by atoms with E-state index in [-0.39, 0.29) is 5.75 Å². The second-order valence-corrected chi connectivity index (χ2v) is 6.19. The lowest BCUT2D eigenvalue weighted by Gasteiger charge is -2.09. The van der Waals surface area contributed by atoms with E-state index >= 15 is 0 Å². The number of aryl methyl sites for hydroxylation is 1. The van der Waals surface area contributed by atoms with Crippen LogP contribution >= 0.6 is 11.8 Å². The van der Waals surface area contributed by atoms with Crippen LogP contribution in [0.1, 0.15) is 12.5 Å². The number of nitrogens with one attached hydrogen (secondary N) is 1. The molecule has 3 rings (SSSR count). The Morgan fingerprint density at radius 1 is 1.12 bits per heavy atom. The molecule has 0 aliphatic heterocycles. The Bertz CT molecular complexity index is 866. The van der Waals surface area contributed by atoms with Crippen molar-refractivity contribution in [1.82, 2.24) is 9.97 Å². The van der Waals surface area contributed by atoms with Gasteiger partial charge in [0.1, 0.15) is 5.03 Å². The number of rotatable bonds is 6. The van der Waals surface area contributed by atoms with Gasteiger partial charge in [-0.3, -0.25) is 4.79 Å². The molecule has 5 nitrogen and oxygen atoms in total. The Morgan fingerprint density at radius 2 is 1.88 bits per heavy atom. The van der Waals surface area contributed by atoms with Gasteiger partial charge in [-0.25, -0.2) is 9.97 Å². The molecule has 0 saturated carbocycles. The van der Waals surface area contributed by atoms with E-state index in [1.54, 1.807) is 0 Å². The SMILES string of the molecule is CCc1ccc(Nc2nc(SCC(=O)O)c3ccccc3n2)cc1. The van der Waals surface area contributed by atoms with Crippen molar-refractivity contribution in [2.24, 2.45) is 0 Å². The molecular formula is C18H17N3O2S. The zero-order chi connectivity index (χ0) is 16.9. The number of fused-ring (bicyclic) bond motifs is 1. The summed E-state index contributed by atoms with van der Waals surface area (Å²) < 4.78 is 0. The summed E-state index contributed by atoms with van der Waals surface area (Å²) in [6, 6.07) is 15.7. The smallest absolute Gasteiger partial charge is 0.313 e. The first kappa shape index (κ1) is 16.3. The van der Waals surface area contributed by atoms with E-state index in [0.717, 1.165) is 23.0 Å². The zero-order valence-electron chi connectivity index (χ0n) is 13.2.